The van der Waals surface area contributed by atoms with E-state index in [0.717, 1.165) is 11.3 Å². The molecule has 6 heteroatoms. The van der Waals surface area contributed by atoms with E-state index in [9.17, 15) is 10.1 Å². The first kappa shape index (κ1) is 15.6. The molecule has 0 aromatic heterocycles. The van der Waals surface area contributed by atoms with E-state index in [1.54, 1.807) is 18.2 Å². The monoisotopic (exact) mass is 303 g/mol. The van der Waals surface area contributed by atoms with E-state index < -0.39 is 11.7 Å². The van der Waals surface area contributed by atoms with Crippen LogP contribution in [0.1, 0.15) is 18.6 Å². The number of nitrogens with zero attached hydrogens (tertiary/aromatic N) is 1. The maximum absolute atomic E-state index is 10.3. The van der Waals surface area contributed by atoms with Crippen molar-refractivity contribution in [2.75, 3.05) is 13.8 Å². The van der Waals surface area contributed by atoms with Crippen LogP contribution < -0.4 is 14.2 Å². The second-order valence-electron chi connectivity index (χ2n) is 4.58. The minimum atomic E-state index is -0.585. The van der Waals surface area contributed by atoms with Gasteiger partial charge in [0.2, 0.25) is 0 Å². The number of rotatable bonds is 7. The number of benzene rings is 2. The smallest absolute Gasteiger partial charge is 0.344 e. The molecule has 0 aliphatic rings. The van der Waals surface area contributed by atoms with Gasteiger partial charge in [-0.05, 0) is 31.2 Å². The van der Waals surface area contributed by atoms with Gasteiger partial charge < -0.3 is 14.2 Å². The van der Waals surface area contributed by atoms with Crippen molar-refractivity contribution in [3.05, 3.63) is 64.2 Å². The van der Waals surface area contributed by atoms with Crippen LogP contribution in [-0.2, 0) is 0 Å². The predicted octanol–water partition coefficient (Wildman–Crippen LogP) is 3.45. The first-order chi connectivity index (χ1) is 10.6. The highest BCUT2D eigenvalue weighted by molar-refractivity contribution is 5.42. The zero-order chi connectivity index (χ0) is 15.9. The highest BCUT2D eigenvalue weighted by Gasteiger charge is 2.14. The molecule has 0 aliphatic carbocycles. The second-order valence-corrected chi connectivity index (χ2v) is 4.58. The summed E-state index contributed by atoms with van der Waals surface area (Å²) in [5.41, 5.74) is 0.833. The summed E-state index contributed by atoms with van der Waals surface area (Å²) >= 11 is 0. The Morgan fingerprint density at radius 1 is 1.14 bits per heavy atom. The van der Waals surface area contributed by atoms with Crippen molar-refractivity contribution in [1.29, 1.82) is 0 Å². The third-order valence-corrected chi connectivity index (χ3v) is 3.04. The van der Waals surface area contributed by atoms with E-state index in [4.69, 9.17) is 14.2 Å². The van der Waals surface area contributed by atoms with E-state index in [2.05, 4.69) is 0 Å². The van der Waals surface area contributed by atoms with E-state index in [1.807, 2.05) is 37.3 Å². The molecule has 6 nitrogen and oxygen atoms in total. The van der Waals surface area contributed by atoms with Gasteiger partial charge in [-0.15, -0.1) is 0 Å². The van der Waals surface area contributed by atoms with Crippen molar-refractivity contribution in [3.8, 4) is 17.2 Å². The Morgan fingerprint density at radius 3 is 2.50 bits per heavy atom. The van der Waals surface area contributed by atoms with Crippen molar-refractivity contribution >= 4 is 0 Å². The molecule has 0 aliphatic heterocycles. The average molecular weight is 303 g/mol. The topological polar surface area (TPSA) is 70.8 Å². The molecule has 0 saturated carbocycles. The number of ether oxygens (including phenoxy) is 3. The summed E-state index contributed by atoms with van der Waals surface area (Å²) in [6, 6.07) is 14.5. The van der Waals surface area contributed by atoms with Crippen LogP contribution in [-0.4, -0.2) is 18.8 Å². The summed E-state index contributed by atoms with van der Waals surface area (Å²) in [7, 11) is 1.53. The van der Waals surface area contributed by atoms with Crippen LogP contribution in [0, 0.1) is 10.1 Å². The second kappa shape index (κ2) is 7.31. The van der Waals surface area contributed by atoms with Gasteiger partial charge in [-0.1, -0.05) is 18.2 Å². The van der Waals surface area contributed by atoms with Gasteiger partial charge in [-0.3, -0.25) is 10.1 Å². The molecule has 2 rings (SSSR count). The molecule has 0 amide bonds. The third kappa shape index (κ3) is 4.12. The number of para-hydroxylation sites is 1. The average Bonchev–Trinajstić information content (AvgIpc) is 2.53. The van der Waals surface area contributed by atoms with Gasteiger partial charge in [0, 0.05) is 11.6 Å². The van der Waals surface area contributed by atoms with Crippen molar-refractivity contribution in [2.45, 2.75) is 13.0 Å². The highest BCUT2D eigenvalue weighted by atomic mass is 16.7. The maximum Gasteiger partial charge on any atom is 0.344 e. The Hall–Kier alpha value is -2.76. The maximum atomic E-state index is 10.3. The number of hydrogen-bond donors (Lipinski definition) is 0. The SMILES string of the molecule is COc1cc(OC[N+](=O)[O-])ccc1C(C)Oc1ccccc1. The van der Waals surface area contributed by atoms with Crippen molar-refractivity contribution in [2.24, 2.45) is 0 Å². The van der Waals surface area contributed by atoms with Crippen LogP contribution in [0.4, 0.5) is 0 Å². The van der Waals surface area contributed by atoms with Gasteiger partial charge in [-0.2, -0.15) is 0 Å². The minimum Gasteiger partial charge on any atom is -0.496 e. The Balaban J connectivity index is 2.14. The quantitative estimate of drug-likeness (QED) is 0.445. The van der Waals surface area contributed by atoms with E-state index in [0.29, 0.717) is 11.5 Å². The zero-order valence-corrected chi connectivity index (χ0v) is 12.4. The van der Waals surface area contributed by atoms with Crippen molar-refractivity contribution < 1.29 is 19.1 Å². The summed E-state index contributed by atoms with van der Waals surface area (Å²) in [6.07, 6.45) is -0.234. The van der Waals surface area contributed by atoms with Crippen LogP contribution in [0.3, 0.4) is 0 Å². The molecule has 0 fully saturated rings. The van der Waals surface area contributed by atoms with Gasteiger partial charge in [0.05, 0.1) is 12.0 Å². The van der Waals surface area contributed by atoms with Gasteiger partial charge in [0.25, 0.3) is 0 Å². The van der Waals surface area contributed by atoms with Crippen molar-refractivity contribution in [1.82, 2.24) is 0 Å². The number of nitro groups is 1. The standard InChI is InChI=1S/C16H17NO5/c1-12(22-13-6-4-3-5-7-13)15-9-8-14(10-16(15)20-2)21-11-17(18)19/h3-10,12H,11H2,1-2H3. The Bertz CT molecular complexity index is 630. The molecule has 2 aromatic rings. The van der Waals surface area contributed by atoms with Crippen LogP contribution in [0.25, 0.3) is 0 Å². The summed E-state index contributed by atoms with van der Waals surface area (Å²) < 4.78 is 16.2. The first-order valence-corrected chi connectivity index (χ1v) is 6.74. The fourth-order valence-corrected chi connectivity index (χ4v) is 2.01. The molecule has 2 aromatic carbocycles. The fourth-order valence-electron chi connectivity index (χ4n) is 2.01. The summed E-state index contributed by atoms with van der Waals surface area (Å²) in [5.74, 6) is 1.69. The molecule has 1 unspecified atom stereocenters. The van der Waals surface area contributed by atoms with E-state index >= 15 is 0 Å². The normalized spacial score (nSPS) is 11.5. The molecule has 22 heavy (non-hydrogen) atoms. The first-order valence-electron chi connectivity index (χ1n) is 6.74. The zero-order valence-electron chi connectivity index (χ0n) is 12.4. The lowest BCUT2D eigenvalue weighted by Crippen LogP contribution is -2.09. The van der Waals surface area contributed by atoms with E-state index in [-0.39, 0.29) is 6.10 Å². The van der Waals surface area contributed by atoms with Crippen LogP contribution >= 0.6 is 0 Å². The molecule has 0 heterocycles. The minimum absolute atomic E-state index is 0.234. The van der Waals surface area contributed by atoms with E-state index in [1.165, 1.54) is 7.11 Å². The predicted molar refractivity (Wildman–Crippen MR) is 81.0 cm³/mol. The molecule has 0 bridgehead atoms. The van der Waals surface area contributed by atoms with Crippen molar-refractivity contribution in [3.63, 3.8) is 0 Å². The third-order valence-electron chi connectivity index (χ3n) is 3.04. The van der Waals surface area contributed by atoms with Gasteiger partial charge >= 0.3 is 6.73 Å². The Morgan fingerprint density at radius 2 is 1.86 bits per heavy atom. The lowest BCUT2D eigenvalue weighted by Gasteiger charge is -2.18. The molecular weight excluding hydrogens is 286 g/mol. The van der Waals surface area contributed by atoms with Gasteiger partial charge in [0.1, 0.15) is 23.4 Å². The Labute approximate surface area is 128 Å². The largest absolute Gasteiger partial charge is 0.496 e. The lowest BCUT2D eigenvalue weighted by molar-refractivity contribution is -0.514. The molecule has 0 radical (unpaired) electrons. The molecule has 0 spiro atoms. The summed E-state index contributed by atoms with van der Waals surface area (Å²) in [4.78, 5) is 9.79. The molecular formula is C16H17NO5. The van der Waals surface area contributed by atoms with Crippen LogP contribution in [0.2, 0.25) is 0 Å². The molecule has 0 N–H and O–H groups in total. The Kier molecular flexibility index (Phi) is 5.19. The molecule has 1 atom stereocenters. The summed E-state index contributed by atoms with van der Waals surface area (Å²) in [5, 5.41) is 10.3. The summed E-state index contributed by atoms with van der Waals surface area (Å²) in [6.45, 7) is 1.32. The number of hydrogen-bond acceptors (Lipinski definition) is 5. The van der Waals surface area contributed by atoms with Crippen LogP contribution in [0.5, 0.6) is 17.2 Å². The lowest BCUT2D eigenvalue weighted by atomic mass is 10.1. The van der Waals surface area contributed by atoms with Gasteiger partial charge in [-0.25, -0.2) is 0 Å². The fraction of sp³-hybridized carbons (Fsp3) is 0.250. The molecule has 0 saturated heterocycles. The highest BCUT2D eigenvalue weighted by Crippen LogP contribution is 2.32. The van der Waals surface area contributed by atoms with Crippen LogP contribution in [0.15, 0.2) is 48.5 Å². The molecule has 116 valence electrons. The number of methoxy groups -OCH3 is 1. The van der Waals surface area contributed by atoms with Gasteiger partial charge in [0.15, 0.2) is 0 Å².